The number of esters is 2. The van der Waals surface area contributed by atoms with Crippen LogP contribution in [0.4, 0.5) is 0 Å². The Balaban J connectivity index is 1.44. The number of ether oxygens (including phenoxy) is 2. The van der Waals surface area contributed by atoms with Crippen molar-refractivity contribution in [2.24, 2.45) is 0 Å². The van der Waals surface area contributed by atoms with Crippen LogP contribution in [-0.2, 0) is 88.1 Å². The molecule has 0 bridgehead atoms. The Morgan fingerprint density at radius 2 is 0.747 bits per heavy atom. The lowest BCUT2D eigenvalue weighted by Crippen LogP contribution is -2.67. The molecule has 21 heteroatoms. The zero-order valence-electron chi connectivity index (χ0n) is 59.8. The molecule has 95 heavy (non-hydrogen) atoms. The molecular formula is C74H124O17P2Si2. The first-order valence-corrected chi connectivity index (χ1v) is 43.6. The Morgan fingerprint density at radius 1 is 0.421 bits per heavy atom. The number of aliphatic hydroxyl groups is 2. The van der Waals surface area contributed by atoms with E-state index in [1.165, 1.54) is 109 Å². The number of unbranched alkanes of at least 4 members (excludes halogenated alkanes) is 24. The minimum Gasteiger partial charge on any atom is -0.462 e. The quantitative estimate of drug-likeness (QED) is 0.0233. The highest BCUT2D eigenvalue weighted by atomic mass is 31.2. The Morgan fingerprint density at radius 3 is 1.12 bits per heavy atom. The van der Waals surface area contributed by atoms with Gasteiger partial charge in [0.15, 0.2) is 6.10 Å². The molecule has 1 heterocycles. The second kappa shape index (κ2) is 45.0. The number of phosphoric ester groups is 2. The topological polar surface area (TPSA) is 210 Å². The summed E-state index contributed by atoms with van der Waals surface area (Å²) in [5, 5.41) is 26.2. The molecule has 540 valence electrons. The Bertz CT molecular complexity index is 2560. The number of carbonyl (C=O) groups is 2. The molecule has 1 aliphatic heterocycles. The van der Waals surface area contributed by atoms with Crippen LogP contribution in [0.1, 0.15) is 266 Å². The lowest BCUT2D eigenvalue weighted by molar-refractivity contribution is -0.209. The number of carbonyl (C=O) groups excluding carboxylic acids is 2. The van der Waals surface area contributed by atoms with Crippen molar-refractivity contribution in [1.29, 1.82) is 0 Å². The number of hydrogen-bond acceptors (Lipinski definition) is 17. The van der Waals surface area contributed by atoms with Crippen molar-refractivity contribution in [3.05, 3.63) is 108 Å². The first-order valence-electron chi connectivity index (χ1n) is 36.7. The monoisotopic (exact) mass is 1400 g/mol. The fourth-order valence-corrected chi connectivity index (χ4v) is 26.8. The summed E-state index contributed by atoms with van der Waals surface area (Å²) in [6.45, 7) is 18.8. The summed E-state index contributed by atoms with van der Waals surface area (Å²) >= 11 is 0. The molecule has 1 unspecified atom stereocenters. The molecule has 2 N–H and O–H groups in total. The Hall–Kier alpha value is -2.95. The number of phosphoric acid groups is 2. The minimum absolute atomic E-state index is 0.0966. The summed E-state index contributed by atoms with van der Waals surface area (Å²) in [7, 11) is -17.0. The molecule has 1 saturated carbocycles. The van der Waals surface area contributed by atoms with E-state index in [0.29, 0.717) is 29.5 Å². The highest BCUT2D eigenvalue weighted by molar-refractivity contribution is 7.48. The molecule has 2 aliphatic rings. The van der Waals surface area contributed by atoms with E-state index in [9.17, 15) is 19.8 Å². The highest BCUT2D eigenvalue weighted by Crippen LogP contribution is 2.59. The largest absolute Gasteiger partial charge is 0.475 e. The van der Waals surface area contributed by atoms with Gasteiger partial charge in [-0.15, -0.1) is 0 Å². The SMILES string of the molecule is CCCCCCCCCCCCCCCC(=O)OC[C@H](COP(=O)(OCc1ccccc1)O[C@H]1[C@H](O)[C@@H](OP(=O)(OCc2ccccc2)OCc2ccccc2)[C@@H]2O[Si](C(C)C)(C(C)C)O[Si](C(C)C)(C(C)C)O[C@H]2[C@H]1O)OC(=O)CCCCCCCCCCCCCCC. The fourth-order valence-electron chi connectivity index (χ4n) is 12.8. The van der Waals surface area contributed by atoms with E-state index >= 15 is 9.13 Å². The molecule has 3 aromatic rings. The van der Waals surface area contributed by atoms with Crippen LogP contribution in [0, 0.1) is 0 Å². The molecule has 2 fully saturated rings. The average Bonchev–Trinajstić information content (AvgIpc) is 1.60. The smallest absolute Gasteiger partial charge is 0.462 e. The van der Waals surface area contributed by atoms with Crippen LogP contribution in [-0.4, -0.2) is 95.2 Å². The van der Waals surface area contributed by atoms with Crippen LogP contribution in [0.2, 0.25) is 22.2 Å². The lowest BCUT2D eigenvalue weighted by atomic mass is 9.85. The van der Waals surface area contributed by atoms with Crippen LogP contribution in [0.5, 0.6) is 0 Å². The number of aliphatic hydroxyl groups excluding tert-OH is 2. The normalized spacial score (nSPS) is 20.6. The number of benzene rings is 3. The van der Waals surface area contributed by atoms with E-state index in [1.54, 1.807) is 48.5 Å². The fraction of sp³-hybridized carbons (Fsp3) is 0.730. The summed E-state index contributed by atoms with van der Waals surface area (Å²) in [6.07, 6.45) is 18.5. The maximum atomic E-state index is 15.8. The van der Waals surface area contributed by atoms with Crippen LogP contribution < -0.4 is 0 Å². The van der Waals surface area contributed by atoms with Crippen LogP contribution in [0.15, 0.2) is 91.0 Å². The van der Waals surface area contributed by atoms with Crippen molar-refractivity contribution in [2.75, 3.05) is 13.2 Å². The van der Waals surface area contributed by atoms with Gasteiger partial charge in [-0.1, -0.05) is 314 Å². The standard InChI is InChI=1S/C74H124O17P2Si2/c1-11-13-15-17-19-21-23-25-27-29-31-33-44-52-67(75)81-57-66(86-68(76)53-45-34-32-30-28-26-24-22-20-18-16-14-12-2)58-85-93(80,84-56-65-50-42-37-43-51-65)87-71-69(77)72(88-92(79,82-54-63-46-38-35-39-47-63)83-55-64-48-40-36-41-49-64)74-73(70(71)78)89-94(59(3)4,60(5)6)91-95(90-74,61(7)8)62(9)10/h35-43,46-51,59-62,66,69-74,77-78H,11-34,44-45,52-58H2,1-10H3/t66-,69+,70+,71+,72-,73+,74+,93?/m1/s1. The molecule has 1 aliphatic carbocycles. The minimum atomic E-state index is -5.08. The zero-order valence-corrected chi connectivity index (χ0v) is 63.5. The van der Waals surface area contributed by atoms with Crippen molar-refractivity contribution >= 4 is 44.7 Å². The van der Waals surface area contributed by atoms with Crippen molar-refractivity contribution < 1.29 is 78.5 Å². The van der Waals surface area contributed by atoms with Crippen LogP contribution >= 0.6 is 15.6 Å². The van der Waals surface area contributed by atoms with Gasteiger partial charge >= 0.3 is 44.7 Å². The molecule has 0 spiro atoms. The summed E-state index contributed by atoms with van der Waals surface area (Å²) in [4.78, 5) is 27.2. The average molecular weight is 1400 g/mol. The van der Waals surface area contributed by atoms with E-state index < -0.39 is 101 Å². The molecule has 0 amide bonds. The van der Waals surface area contributed by atoms with Gasteiger partial charge in [0.25, 0.3) is 0 Å². The summed E-state index contributed by atoms with van der Waals surface area (Å²) < 4.78 is 103. The Kier molecular flexibility index (Phi) is 39.2. The first-order chi connectivity index (χ1) is 45.7. The molecule has 17 nitrogen and oxygen atoms in total. The van der Waals surface area contributed by atoms with Crippen molar-refractivity contribution in [2.45, 2.75) is 334 Å². The highest BCUT2D eigenvalue weighted by Gasteiger charge is 2.67. The summed E-state index contributed by atoms with van der Waals surface area (Å²) in [5.41, 5.74) is 0.992. The van der Waals surface area contributed by atoms with E-state index in [1.807, 2.05) is 97.9 Å². The maximum absolute atomic E-state index is 15.8. The molecule has 8 atom stereocenters. The van der Waals surface area contributed by atoms with Gasteiger partial charge in [-0.3, -0.25) is 36.7 Å². The zero-order chi connectivity index (χ0) is 69.0. The molecular weight excluding hydrogens is 1280 g/mol. The van der Waals surface area contributed by atoms with Gasteiger partial charge in [0.05, 0.1) is 26.4 Å². The summed E-state index contributed by atoms with van der Waals surface area (Å²) in [6, 6.07) is 27.0. The van der Waals surface area contributed by atoms with Gasteiger partial charge in [-0.05, 0) is 51.7 Å². The second-order valence-electron chi connectivity index (χ2n) is 27.7. The molecule has 0 aromatic heterocycles. The van der Waals surface area contributed by atoms with Crippen molar-refractivity contribution in [3.63, 3.8) is 0 Å². The predicted molar refractivity (Wildman–Crippen MR) is 381 cm³/mol. The third kappa shape index (κ3) is 28.9. The van der Waals surface area contributed by atoms with Gasteiger partial charge in [0, 0.05) is 12.8 Å². The number of rotatable bonds is 51. The van der Waals surface area contributed by atoms with Crippen molar-refractivity contribution in [3.8, 4) is 0 Å². The third-order valence-electron chi connectivity index (χ3n) is 18.5. The maximum Gasteiger partial charge on any atom is 0.475 e. The van der Waals surface area contributed by atoms with Gasteiger partial charge < -0.3 is 32.7 Å². The van der Waals surface area contributed by atoms with Gasteiger partial charge in [-0.25, -0.2) is 9.13 Å². The van der Waals surface area contributed by atoms with Crippen LogP contribution in [0.25, 0.3) is 0 Å². The van der Waals surface area contributed by atoms with E-state index in [4.69, 9.17) is 49.6 Å². The first kappa shape index (κ1) is 82.7. The van der Waals surface area contributed by atoms with Gasteiger partial charge in [-0.2, -0.15) is 0 Å². The van der Waals surface area contributed by atoms with Gasteiger partial charge in [0.2, 0.25) is 0 Å². The third-order valence-corrected chi connectivity index (χ3v) is 31.6. The van der Waals surface area contributed by atoms with Gasteiger partial charge in [0.1, 0.15) is 43.2 Å². The molecule has 0 radical (unpaired) electrons. The Labute approximate surface area is 574 Å². The lowest BCUT2D eigenvalue weighted by Gasteiger charge is -2.49. The molecule has 1 saturated heterocycles. The predicted octanol–water partition coefficient (Wildman–Crippen LogP) is 20.1. The van der Waals surface area contributed by atoms with E-state index in [0.717, 1.165) is 44.9 Å². The number of fused-ring (bicyclic) bond motifs is 1. The molecule has 5 rings (SSSR count). The number of hydrogen-bond donors (Lipinski definition) is 2. The van der Waals surface area contributed by atoms with E-state index in [-0.39, 0.29) is 54.8 Å². The van der Waals surface area contributed by atoms with Crippen molar-refractivity contribution in [1.82, 2.24) is 0 Å². The molecule has 3 aromatic carbocycles. The summed E-state index contributed by atoms with van der Waals surface area (Å²) in [5.74, 6) is -1.03. The van der Waals surface area contributed by atoms with E-state index in [2.05, 4.69) is 13.8 Å². The van der Waals surface area contributed by atoms with Crippen LogP contribution in [0.3, 0.4) is 0 Å². The second-order valence-corrected chi connectivity index (χ2v) is 39.7.